The highest BCUT2D eigenvalue weighted by molar-refractivity contribution is 5.70. The summed E-state index contributed by atoms with van der Waals surface area (Å²) in [6, 6.07) is 0. The van der Waals surface area contributed by atoms with Gasteiger partial charge in [0, 0.05) is 12.8 Å². The number of carbonyl (C=O) groups excluding carboxylic acids is 3. The van der Waals surface area contributed by atoms with Gasteiger partial charge in [0.15, 0.2) is 12.4 Å². The summed E-state index contributed by atoms with van der Waals surface area (Å²) < 4.78 is 22.8. The Bertz CT molecular complexity index is 1500. The topological polar surface area (TPSA) is 111 Å². The highest BCUT2D eigenvalue weighted by atomic mass is 16.7. The minimum atomic E-state index is -1.62. The number of allylic oxidation sites excluding steroid dienone is 6. The number of unbranched alkanes of at least 4 members (excludes halogenated alkanes) is 50. The van der Waals surface area contributed by atoms with Crippen LogP contribution in [0.2, 0.25) is 0 Å². The Labute approximate surface area is 534 Å². The zero-order chi connectivity index (χ0) is 62.6. The molecule has 0 rings (SSSR count). The first-order valence-electron chi connectivity index (χ1n) is 37.6. The maximum absolute atomic E-state index is 12.9. The Morgan fingerprint density at radius 3 is 0.930 bits per heavy atom. The third-order valence-electron chi connectivity index (χ3n) is 17.1. The van der Waals surface area contributed by atoms with Gasteiger partial charge in [0.05, 0.1) is 40.3 Å². The van der Waals surface area contributed by atoms with Crippen LogP contribution in [0, 0.1) is 0 Å². The largest absolute Gasteiger partial charge is 0.545 e. The number of hydrogen-bond donors (Lipinski definition) is 0. The second kappa shape index (κ2) is 68.4. The molecule has 0 aromatic carbocycles. The van der Waals surface area contributed by atoms with E-state index in [9.17, 15) is 19.5 Å². The van der Waals surface area contributed by atoms with E-state index in [1.54, 1.807) is 0 Å². The van der Waals surface area contributed by atoms with E-state index >= 15 is 0 Å². The lowest BCUT2D eigenvalue weighted by Crippen LogP contribution is -2.44. The highest BCUT2D eigenvalue weighted by Gasteiger charge is 2.22. The molecule has 2 unspecified atom stereocenters. The van der Waals surface area contributed by atoms with Gasteiger partial charge in [0.2, 0.25) is 0 Å². The van der Waals surface area contributed by atoms with Crippen LogP contribution in [0.3, 0.4) is 0 Å². The predicted molar refractivity (Wildman–Crippen MR) is 366 cm³/mol. The third kappa shape index (κ3) is 69.0. The van der Waals surface area contributed by atoms with Crippen LogP contribution in [0.5, 0.6) is 0 Å². The normalized spacial score (nSPS) is 12.8. The molecular weight excluding hydrogens is 1070 g/mol. The molecule has 9 heteroatoms. The Kier molecular flexibility index (Phi) is 66.4. The van der Waals surface area contributed by atoms with Crippen molar-refractivity contribution >= 4 is 17.9 Å². The molecule has 0 aliphatic rings. The lowest BCUT2D eigenvalue weighted by atomic mass is 10.0. The standard InChI is InChI=1S/C77H145NO8/c1-6-8-10-12-14-16-18-20-22-24-26-28-29-30-31-32-33-34-35-36-37-38-39-40-41-42-43-44-45-46-48-49-51-53-55-57-59-61-63-65-67-74(79)84-71-73(72-85-77(76(81)82)83-70-69-78(3,4)5)86-75(80)68-66-64-62-60-58-56-54-52-50-47-27-25-23-21-19-17-15-13-11-9-7-2/h19,21,25,27,50,52,73,77H,6-18,20,22-24,26,28-49,51,53-72H2,1-5H3/b21-19-,27-25-,52-50-. The lowest BCUT2D eigenvalue weighted by Gasteiger charge is -2.26. The molecule has 506 valence electrons. The molecule has 0 amide bonds. The Morgan fingerprint density at radius 2 is 0.628 bits per heavy atom. The number of quaternary nitrogens is 1. The summed E-state index contributed by atoms with van der Waals surface area (Å²) in [7, 11) is 5.93. The van der Waals surface area contributed by atoms with Gasteiger partial charge in [-0.25, -0.2) is 0 Å². The zero-order valence-electron chi connectivity index (χ0n) is 58.0. The fourth-order valence-corrected chi connectivity index (χ4v) is 11.4. The number of ether oxygens (including phenoxy) is 4. The van der Waals surface area contributed by atoms with Crippen LogP contribution in [0.15, 0.2) is 36.5 Å². The maximum Gasteiger partial charge on any atom is 0.306 e. The Morgan fingerprint density at radius 1 is 0.349 bits per heavy atom. The Balaban J connectivity index is 3.93. The number of carbonyl (C=O) groups is 3. The van der Waals surface area contributed by atoms with Crippen molar-refractivity contribution in [3.63, 3.8) is 0 Å². The molecular formula is C77H145NO8. The molecule has 0 radical (unpaired) electrons. The number of nitrogens with zero attached hydrogens (tertiary/aromatic N) is 1. The Hall–Kier alpha value is -2.49. The zero-order valence-corrected chi connectivity index (χ0v) is 58.0. The van der Waals surface area contributed by atoms with Gasteiger partial charge in [-0.15, -0.1) is 0 Å². The molecule has 0 saturated heterocycles. The molecule has 0 spiro atoms. The van der Waals surface area contributed by atoms with Crippen molar-refractivity contribution in [1.29, 1.82) is 0 Å². The number of rotatable bonds is 71. The summed E-state index contributed by atoms with van der Waals surface area (Å²) in [6.45, 7) is 4.78. The van der Waals surface area contributed by atoms with Gasteiger partial charge in [-0.2, -0.15) is 0 Å². The number of likely N-dealkylation sites (N-methyl/N-ethyl adjacent to an activating group) is 1. The van der Waals surface area contributed by atoms with Crippen LogP contribution in [-0.2, 0) is 33.3 Å². The lowest BCUT2D eigenvalue weighted by molar-refractivity contribution is -0.870. The first kappa shape index (κ1) is 83.5. The van der Waals surface area contributed by atoms with Crippen molar-refractivity contribution in [3.8, 4) is 0 Å². The van der Waals surface area contributed by atoms with E-state index in [2.05, 4.69) is 50.3 Å². The van der Waals surface area contributed by atoms with E-state index in [-0.39, 0.29) is 32.2 Å². The van der Waals surface area contributed by atoms with Gasteiger partial charge in [-0.05, 0) is 51.4 Å². The number of carboxylic acids is 1. The highest BCUT2D eigenvalue weighted by Crippen LogP contribution is 2.19. The van der Waals surface area contributed by atoms with Crippen LogP contribution in [0.4, 0.5) is 0 Å². The van der Waals surface area contributed by atoms with Crippen LogP contribution < -0.4 is 5.11 Å². The second-order valence-corrected chi connectivity index (χ2v) is 27.0. The second-order valence-electron chi connectivity index (χ2n) is 27.0. The SMILES string of the molecule is CCCCCCC/C=C\C/C=C\C/C=C\CCCCCCCCC(=O)OC(COC(=O)CCCCCCCCCCCCCCCCCCCCCCCCCCCCCCCCCCCCCCCCCC)COC(OCC[N+](C)(C)C)C(=O)[O-]. The van der Waals surface area contributed by atoms with E-state index < -0.39 is 24.3 Å². The fraction of sp³-hybridized carbons (Fsp3) is 0.883. The molecule has 0 aromatic heterocycles. The molecule has 0 aliphatic carbocycles. The summed E-state index contributed by atoms with van der Waals surface area (Å²) in [5, 5.41) is 11.8. The van der Waals surface area contributed by atoms with Gasteiger partial charge in [-0.1, -0.05) is 352 Å². The summed E-state index contributed by atoms with van der Waals surface area (Å²) in [5.74, 6) is -2.28. The van der Waals surface area contributed by atoms with E-state index in [1.165, 1.54) is 276 Å². The predicted octanol–water partition coefficient (Wildman–Crippen LogP) is 22.2. The molecule has 0 aliphatic heterocycles. The molecule has 0 bridgehead atoms. The third-order valence-corrected chi connectivity index (χ3v) is 17.1. The molecule has 0 fully saturated rings. The fourth-order valence-electron chi connectivity index (χ4n) is 11.4. The van der Waals surface area contributed by atoms with Gasteiger partial charge in [0.1, 0.15) is 13.2 Å². The number of esters is 2. The minimum Gasteiger partial charge on any atom is -0.545 e. The average Bonchev–Trinajstić information content (AvgIpc) is 3.64. The monoisotopic (exact) mass is 1210 g/mol. The molecule has 9 nitrogen and oxygen atoms in total. The van der Waals surface area contributed by atoms with Crippen molar-refractivity contribution in [2.24, 2.45) is 0 Å². The average molecular weight is 1210 g/mol. The van der Waals surface area contributed by atoms with Crippen molar-refractivity contribution in [2.75, 3.05) is 47.5 Å². The number of hydrogen-bond acceptors (Lipinski definition) is 8. The van der Waals surface area contributed by atoms with Gasteiger partial charge in [0.25, 0.3) is 0 Å². The summed E-state index contributed by atoms with van der Waals surface area (Å²) in [4.78, 5) is 37.5. The van der Waals surface area contributed by atoms with Gasteiger partial charge < -0.3 is 33.3 Å². The smallest absolute Gasteiger partial charge is 0.306 e. The quantitative estimate of drug-likeness (QED) is 0.0195. The summed E-state index contributed by atoms with van der Waals surface area (Å²) in [6.07, 6.45) is 84.1. The molecule has 0 N–H and O–H groups in total. The number of aliphatic carboxylic acids is 1. The number of carboxylic acid groups (broad SMARTS) is 1. The summed E-state index contributed by atoms with van der Waals surface area (Å²) in [5.41, 5.74) is 0. The van der Waals surface area contributed by atoms with Crippen LogP contribution >= 0.6 is 0 Å². The van der Waals surface area contributed by atoms with E-state index in [0.29, 0.717) is 23.9 Å². The summed E-state index contributed by atoms with van der Waals surface area (Å²) >= 11 is 0. The molecule has 2 atom stereocenters. The van der Waals surface area contributed by atoms with E-state index in [0.717, 1.165) is 70.6 Å². The van der Waals surface area contributed by atoms with E-state index in [1.807, 2.05) is 21.1 Å². The minimum absolute atomic E-state index is 0.146. The molecule has 86 heavy (non-hydrogen) atoms. The molecule has 0 aromatic rings. The van der Waals surface area contributed by atoms with Crippen LogP contribution in [-0.4, -0.2) is 82.3 Å². The molecule has 0 saturated carbocycles. The first-order valence-corrected chi connectivity index (χ1v) is 37.6. The van der Waals surface area contributed by atoms with Crippen LogP contribution in [0.25, 0.3) is 0 Å². The van der Waals surface area contributed by atoms with Crippen molar-refractivity contribution in [3.05, 3.63) is 36.5 Å². The van der Waals surface area contributed by atoms with Gasteiger partial charge >= 0.3 is 11.9 Å². The van der Waals surface area contributed by atoms with Crippen molar-refractivity contribution in [2.45, 2.75) is 392 Å². The van der Waals surface area contributed by atoms with E-state index in [4.69, 9.17) is 18.9 Å². The van der Waals surface area contributed by atoms with Crippen molar-refractivity contribution in [1.82, 2.24) is 0 Å². The maximum atomic E-state index is 12.9. The molecule has 0 heterocycles. The van der Waals surface area contributed by atoms with Crippen LogP contribution in [0.1, 0.15) is 380 Å². The first-order chi connectivity index (χ1) is 42.1. The van der Waals surface area contributed by atoms with Gasteiger partial charge in [-0.3, -0.25) is 9.59 Å². The van der Waals surface area contributed by atoms with Crippen molar-refractivity contribution < 1.29 is 42.9 Å².